The summed E-state index contributed by atoms with van der Waals surface area (Å²) in [5.41, 5.74) is -0.215. The standard InChI is InChI=1S/C17H30N2O4S2/c1-13(2)11-24(22)8-6-18-15(5)10-16(20)19(17(18)21)7-9-25(23)12-14(3)4/h10,13-14H,6-9,11-12H2,1-5H3. The molecule has 0 spiro atoms. The van der Waals surface area contributed by atoms with E-state index in [0.717, 1.165) is 4.57 Å². The third kappa shape index (κ3) is 7.40. The molecule has 0 amide bonds. The summed E-state index contributed by atoms with van der Waals surface area (Å²) in [6.07, 6.45) is 0. The Kier molecular flexibility index (Phi) is 8.99. The molecular weight excluding hydrogens is 360 g/mol. The molecule has 0 saturated carbocycles. The SMILES string of the molecule is Cc1cc(=O)n(CCS(=O)CC(C)C)c(=O)n1CCS(=O)CC(C)C. The van der Waals surface area contributed by atoms with Gasteiger partial charge in [0, 0.05) is 69.5 Å². The van der Waals surface area contributed by atoms with E-state index in [0.29, 0.717) is 41.3 Å². The van der Waals surface area contributed by atoms with Gasteiger partial charge in [-0.05, 0) is 18.8 Å². The van der Waals surface area contributed by atoms with Crippen LogP contribution in [0.15, 0.2) is 15.7 Å². The fourth-order valence-electron chi connectivity index (χ4n) is 2.50. The van der Waals surface area contributed by atoms with E-state index in [1.54, 1.807) is 6.92 Å². The molecule has 2 atom stereocenters. The fraction of sp³-hybridized carbons (Fsp3) is 0.765. The molecule has 1 heterocycles. The molecule has 1 rings (SSSR count). The zero-order valence-electron chi connectivity index (χ0n) is 15.8. The Morgan fingerprint density at radius 3 is 1.76 bits per heavy atom. The molecule has 0 aromatic carbocycles. The topological polar surface area (TPSA) is 78.1 Å². The van der Waals surface area contributed by atoms with Crippen LogP contribution < -0.4 is 11.2 Å². The number of rotatable bonds is 10. The molecule has 0 aliphatic carbocycles. The van der Waals surface area contributed by atoms with Crippen molar-refractivity contribution in [2.45, 2.75) is 47.7 Å². The minimum atomic E-state index is -1.05. The van der Waals surface area contributed by atoms with Gasteiger partial charge in [-0.25, -0.2) is 4.79 Å². The molecule has 144 valence electrons. The predicted molar refractivity (Wildman–Crippen MR) is 105 cm³/mol. The minimum absolute atomic E-state index is 0.145. The van der Waals surface area contributed by atoms with Crippen molar-refractivity contribution in [3.8, 4) is 0 Å². The van der Waals surface area contributed by atoms with Gasteiger partial charge in [0.1, 0.15) is 0 Å². The summed E-state index contributed by atoms with van der Waals surface area (Å²) >= 11 is 0. The molecule has 8 heteroatoms. The lowest BCUT2D eigenvalue weighted by molar-refractivity contribution is 0.571. The lowest BCUT2D eigenvalue weighted by atomic mass is 10.3. The Bertz CT molecular complexity index is 735. The Morgan fingerprint density at radius 2 is 1.32 bits per heavy atom. The van der Waals surface area contributed by atoms with Crippen molar-refractivity contribution in [1.29, 1.82) is 0 Å². The predicted octanol–water partition coefficient (Wildman–Crippen LogP) is 1.13. The van der Waals surface area contributed by atoms with Crippen LogP contribution in [0.5, 0.6) is 0 Å². The van der Waals surface area contributed by atoms with E-state index in [1.807, 2.05) is 27.7 Å². The number of hydrogen-bond donors (Lipinski definition) is 0. The van der Waals surface area contributed by atoms with E-state index >= 15 is 0 Å². The molecule has 2 unspecified atom stereocenters. The molecule has 25 heavy (non-hydrogen) atoms. The van der Waals surface area contributed by atoms with Gasteiger partial charge >= 0.3 is 5.69 Å². The normalized spacial score (nSPS) is 14.2. The summed E-state index contributed by atoms with van der Waals surface area (Å²) in [4.78, 5) is 24.7. The molecule has 0 fully saturated rings. The monoisotopic (exact) mass is 390 g/mol. The highest BCUT2D eigenvalue weighted by molar-refractivity contribution is 7.85. The van der Waals surface area contributed by atoms with Crippen LogP contribution in [0, 0.1) is 18.8 Å². The van der Waals surface area contributed by atoms with Crippen LogP contribution in [-0.2, 0) is 34.7 Å². The fourth-order valence-corrected chi connectivity index (χ4v) is 5.09. The van der Waals surface area contributed by atoms with E-state index in [2.05, 4.69) is 0 Å². The average Bonchev–Trinajstić information content (AvgIpc) is 2.44. The first-order valence-electron chi connectivity index (χ1n) is 8.63. The summed E-state index contributed by atoms with van der Waals surface area (Å²) in [6.45, 7) is 10.2. The van der Waals surface area contributed by atoms with Gasteiger partial charge in [0.2, 0.25) is 0 Å². The van der Waals surface area contributed by atoms with Crippen molar-refractivity contribution in [2.24, 2.45) is 11.8 Å². The van der Waals surface area contributed by atoms with E-state index in [-0.39, 0.29) is 17.9 Å². The van der Waals surface area contributed by atoms with E-state index in [4.69, 9.17) is 0 Å². The highest BCUT2D eigenvalue weighted by Crippen LogP contribution is 1.99. The first-order chi connectivity index (χ1) is 11.6. The van der Waals surface area contributed by atoms with Gasteiger partial charge in [-0.15, -0.1) is 0 Å². The molecule has 0 aliphatic rings. The van der Waals surface area contributed by atoms with Crippen LogP contribution in [-0.4, -0.2) is 40.6 Å². The summed E-state index contributed by atoms with van der Waals surface area (Å²) in [5, 5.41) is 0. The Balaban J connectivity index is 2.91. The van der Waals surface area contributed by atoms with E-state index in [1.165, 1.54) is 10.6 Å². The van der Waals surface area contributed by atoms with Crippen molar-refractivity contribution in [1.82, 2.24) is 9.13 Å². The maximum atomic E-state index is 12.6. The van der Waals surface area contributed by atoms with Crippen molar-refractivity contribution < 1.29 is 8.42 Å². The third-order valence-electron chi connectivity index (χ3n) is 3.61. The quantitative estimate of drug-likeness (QED) is 0.600. The van der Waals surface area contributed by atoms with Gasteiger partial charge in [-0.3, -0.25) is 22.3 Å². The molecule has 0 bridgehead atoms. The molecule has 0 N–H and O–H groups in total. The maximum absolute atomic E-state index is 12.6. The smallest absolute Gasteiger partial charge is 0.297 e. The third-order valence-corrected chi connectivity index (χ3v) is 6.96. The van der Waals surface area contributed by atoms with E-state index in [9.17, 15) is 18.0 Å². The number of aromatic nitrogens is 2. The highest BCUT2D eigenvalue weighted by atomic mass is 32.2. The molecule has 0 radical (unpaired) electrons. The van der Waals surface area contributed by atoms with Crippen LogP contribution in [0.1, 0.15) is 33.4 Å². The molecule has 1 aromatic heterocycles. The van der Waals surface area contributed by atoms with Gasteiger partial charge in [-0.2, -0.15) is 0 Å². The Hall–Kier alpha value is -1.02. The highest BCUT2D eigenvalue weighted by Gasteiger charge is 2.12. The van der Waals surface area contributed by atoms with Crippen molar-refractivity contribution in [3.63, 3.8) is 0 Å². The summed E-state index contributed by atoms with van der Waals surface area (Å²) < 4.78 is 26.6. The zero-order chi connectivity index (χ0) is 19.1. The van der Waals surface area contributed by atoms with Gasteiger partial charge in [0.15, 0.2) is 0 Å². The second-order valence-corrected chi connectivity index (χ2v) is 10.4. The summed E-state index contributed by atoms with van der Waals surface area (Å²) in [5.74, 6) is 2.48. The van der Waals surface area contributed by atoms with Crippen LogP contribution in [0.25, 0.3) is 0 Å². The van der Waals surface area contributed by atoms with Crippen molar-refractivity contribution in [3.05, 3.63) is 32.6 Å². The van der Waals surface area contributed by atoms with Gasteiger partial charge in [0.25, 0.3) is 5.56 Å². The van der Waals surface area contributed by atoms with Crippen LogP contribution in [0.2, 0.25) is 0 Å². The van der Waals surface area contributed by atoms with Gasteiger partial charge in [0.05, 0.1) is 0 Å². The maximum Gasteiger partial charge on any atom is 0.331 e. The van der Waals surface area contributed by atoms with E-state index < -0.39 is 27.3 Å². The Labute approximate surface area is 154 Å². The largest absolute Gasteiger partial charge is 0.331 e. The van der Waals surface area contributed by atoms with Crippen LogP contribution >= 0.6 is 0 Å². The Morgan fingerprint density at radius 1 is 0.880 bits per heavy atom. The molecule has 6 nitrogen and oxygen atoms in total. The number of aryl methyl sites for hydroxylation is 1. The minimum Gasteiger partial charge on any atom is -0.297 e. The van der Waals surface area contributed by atoms with Gasteiger partial charge < -0.3 is 0 Å². The lowest BCUT2D eigenvalue weighted by Crippen LogP contribution is -2.42. The average molecular weight is 391 g/mol. The van der Waals surface area contributed by atoms with Crippen molar-refractivity contribution in [2.75, 3.05) is 23.0 Å². The van der Waals surface area contributed by atoms with Crippen LogP contribution in [0.4, 0.5) is 0 Å². The first-order valence-corrected chi connectivity index (χ1v) is 11.6. The second-order valence-electron chi connectivity index (χ2n) is 7.12. The molecule has 1 aromatic rings. The molecule has 0 saturated heterocycles. The summed E-state index contributed by atoms with van der Waals surface area (Å²) in [7, 11) is -2.05. The van der Waals surface area contributed by atoms with Gasteiger partial charge in [-0.1, -0.05) is 27.7 Å². The summed E-state index contributed by atoms with van der Waals surface area (Å²) in [6, 6.07) is 1.41. The van der Waals surface area contributed by atoms with Crippen LogP contribution in [0.3, 0.4) is 0 Å². The zero-order valence-corrected chi connectivity index (χ0v) is 17.5. The number of nitrogens with zero attached hydrogens (tertiary/aromatic N) is 2. The van der Waals surface area contributed by atoms with Crippen molar-refractivity contribution >= 4 is 21.6 Å². The molecule has 0 aliphatic heterocycles. The lowest BCUT2D eigenvalue weighted by Gasteiger charge is -2.13. The first kappa shape index (κ1) is 22.0. The molecular formula is C17H30N2O4S2. The second kappa shape index (κ2) is 10.2. The number of hydrogen-bond acceptors (Lipinski definition) is 4.